The van der Waals surface area contributed by atoms with Crippen LogP contribution in [0, 0.1) is 0 Å². The molecule has 0 aliphatic carbocycles. The lowest BCUT2D eigenvalue weighted by atomic mass is 10.00. The topological polar surface area (TPSA) is 105 Å². The van der Waals surface area contributed by atoms with E-state index in [2.05, 4.69) is 9.47 Å². The Hall–Kier alpha value is -0.890. The molecule has 7 nitrogen and oxygen atoms in total. The van der Waals surface area contributed by atoms with Gasteiger partial charge in [-0.1, -0.05) is 0 Å². The lowest BCUT2D eigenvalue weighted by Gasteiger charge is -2.35. The van der Waals surface area contributed by atoms with E-state index in [1.807, 2.05) is 0 Å². The highest BCUT2D eigenvalue weighted by Gasteiger charge is 2.53. The first-order chi connectivity index (χ1) is 6.63. The van der Waals surface area contributed by atoms with Gasteiger partial charge in [-0.25, -0.2) is 4.79 Å². The number of carbonyl (C=O) groups excluding carboxylic acids is 1. The summed E-state index contributed by atoms with van der Waals surface area (Å²) in [7, 11) is 0. The molecule has 2 fully saturated rings. The molecule has 2 heterocycles. The van der Waals surface area contributed by atoms with E-state index < -0.39 is 43.5 Å². The van der Waals surface area contributed by atoms with Crippen LogP contribution in [0.5, 0.6) is 0 Å². The molecular formula is C7H10O7. The molecule has 0 amide bonds. The van der Waals surface area contributed by atoms with E-state index in [4.69, 9.17) is 9.84 Å². The molecule has 0 spiro atoms. The summed E-state index contributed by atoms with van der Waals surface area (Å²) in [5.41, 5.74) is 0. The molecule has 0 saturated carbocycles. The summed E-state index contributed by atoms with van der Waals surface area (Å²) in [6.45, 7) is -0.473. The van der Waals surface area contributed by atoms with Crippen LogP contribution in [-0.2, 0) is 14.2 Å². The van der Waals surface area contributed by atoms with Crippen LogP contribution in [0.15, 0.2) is 0 Å². The molecule has 3 N–H and O–H groups in total. The van der Waals surface area contributed by atoms with Crippen LogP contribution in [0.2, 0.25) is 0 Å². The Labute approximate surface area is 78.8 Å². The summed E-state index contributed by atoms with van der Waals surface area (Å²) in [5, 5.41) is 27.6. The van der Waals surface area contributed by atoms with E-state index >= 15 is 0 Å². The quantitative estimate of drug-likeness (QED) is 0.424. The molecule has 0 aromatic carbocycles. The molecule has 0 aromatic heterocycles. The molecule has 2 aliphatic rings. The Kier molecular flexibility index (Phi) is 2.31. The van der Waals surface area contributed by atoms with Crippen molar-refractivity contribution in [3.63, 3.8) is 0 Å². The van der Waals surface area contributed by atoms with Crippen LogP contribution in [0.1, 0.15) is 0 Å². The van der Waals surface area contributed by atoms with Gasteiger partial charge in [0.15, 0.2) is 18.5 Å². The predicted octanol–water partition coefficient (Wildman–Crippen LogP) is -2.04. The molecule has 0 bridgehead atoms. The monoisotopic (exact) mass is 206 g/mol. The summed E-state index contributed by atoms with van der Waals surface area (Å²) in [5.74, 6) is 0. The van der Waals surface area contributed by atoms with Gasteiger partial charge in [-0.15, -0.1) is 0 Å². The van der Waals surface area contributed by atoms with E-state index in [0.29, 0.717) is 0 Å². The van der Waals surface area contributed by atoms with Gasteiger partial charge in [-0.3, -0.25) is 0 Å². The SMILES string of the molecule is O=C1O[C@@H]2[C@@H](O1)[C@H](O)[C@@H](CO)O[C@@H]2O. The van der Waals surface area contributed by atoms with E-state index in [1.54, 1.807) is 0 Å². The number of fused-ring (bicyclic) bond motifs is 1. The minimum absolute atomic E-state index is 0.473. The maximum Gasteiger partial charge on any atom is 0.509 e. The van der Waals surface area contributed by atoms with Gasteiger partial charge in [0, 0.05) is 0 Å². The molecular weight excluding hydrogens is 196 g/mol. The number of aliphatic hydroxyl groups excluding tert-OH is 3. The smallest absolute Gasteiger partial charge is 0.424 e. The Balaban J connectivity index is 2.15. The molecule has 0 aromatic rings. The van der Waals surface area contributed by atoms with Crippen LogP contribution in [0.3, 0.4) is 0 Å². The maximum atomic E-state index is 10.7. The molecule has 0 radical (unpaired) electrons. The van der Waals surface area contributed by atoms with Gasteiger partial charge >= 0.3 is 6.16 Å². The summed E-state index contributed by atoms with van der Waals surface area (Å²) in [4.78, 5) is 10.7. The third-order valence-corrected chi connectivity index (χ3v) is 2.28. The zero-order valence-corrected chi connectivity index (χ0v) is 7.07. The highest BCUT2D eigenvalue weighted by atomic mass is 16.8. The third-order valence-electron chi connectivity index (χ3n) is 2.28. The first-order valence-electron chi connectivity index (χ1n) is 4.13. The molecule has 2 saturated heterocycles. The summed E-state index contributed by atoms with van der Waals surface area (Å²) in [6.07, 6.45) is -6.52. The first-order valence-corrected chi connectivity index (χ1v) is 4.13. The van der Waals surface area contributed by atoms with Crippen molar-refractivity contribution in [1.29, 1.82) is 0 Å². The summed E-state index contributed by atoms with van der Waals surface area (Å²) in [6, 6.07) is 0. The van der Waals surface area contributed by atoms with E-state index in [-0.39, 0.29) is 0 Å². The van der Waals surface area contributed by atoms with Crippen molar-refractivity contribution in [2.24, 2.45) is 0 Å². The normalized spacial score (nSPS) is 46.8. The van der Waals surface area contributed by atoms with Crippen LogP contribution in [0.25, 0.3) is 0 Å². The Bertz CT molecular complexity index is 242. The number of ether oxygens (including phenoxy) is 3. The van der Waals surface area contributed by atoms with Crippen LogP contribution >= 0.6 is 0 Å². The van der Waals surface area contributed by atoms with Gasteiger partial charge in [0.2, 0.25) is 0 Å². The van der Waals surface area contributed by atoms with Crippen molar-refractivity contribution in [3.05, 3.63) is 0 Å². The fourth-order valence-corrected chi connectivity index (χ4v) is 1.57. The number of hydrogen-bond donors (Lipinski definition) is 3. The summed E-state index contributed by atoms with van der Waals surface area (Å²) < 4.78 is 14.0. The Morgan fingerprint density at radius 3 is 2.50 bits per heavy atom. The van der Waals surface area contributed by atoms with Gasteiger partial charge in [0.1, 0.15) is 12.2 Å². The van der Waals surface area contributed by atoms with Crippen LogP contribution in [-0.4, -0.2) is 58.8 Å². The minimum atomic E-state index is -1.38. The van der Waals surface area contributed by atoms with Crippen LogP contribution in [0.4, 0.5) is 4.79 Å². The molecule has 80 valence electrons. The highest BCUT2D eigenvalue weighted by molar-refractivity contribution is 5.62. The molecule has 0 unspecified atom stereocenters. The van der Waals surface area contributed by atoms with Gasteiger partial charge in [0.05, 0.1) is 6.61 Å². The molecule has 5 atom stereocenters. The maximum absolute atomic E-state index is 10.7. The lowest BCUT2D eigenvalue weighted by molar-refractivity contribution is -0.261. The Morgan fingerprint density at radius 2 is 1.86 bits per heavy atom. The largest absolute Gasteiger partial charge is 0.509 e. The summed E-state index contributed by atoms with van der Waals surface area (Å²) >= 11 is 0. The standard InChI is InChI=1S/C7H10O7/c8-1-2-3(9)4-5(6(10)12-2)14-7(11)13-4/h2-6,8-10H,1H2/t2-,3-,4+,5-,6+/m1/s1. The van der Waals surface area contributed by atoms with Crippen molar-refractivity contribution < 1.29 is 34.3 Å². The Morgan fingerprint density at radius 1 is 1.21 bits per heavy atom. The highest BCUT2D eigenvalue weighted by Crippen LogP contribution is 2.29. The van der Waals surface area contributed by atoms with Crippen molar-refractivity contribution in [1.82, 2.24) is 0 Å². The average molecular weight is 206 g/mol. The van der Waals surface area contributed by atoms with Gasteiger partial charge < -0.3 is 29.5 Å². The third kappa shape index (κ3) is 1.34. The zero-order chi connectivity index (χ0) is 10.3. The molecule has 14 heavy (non-hydrogen) atoms. The van der Waals surface area contributed by atoms with Crippen molar-refractivity contribution >= 4 is 6.16 Å². The van der Waals surface area contributed by atoms with Crippen molar-refractivity contribution in [2.75, 3.05) is 6.61 Å². The van der Waals surface area contributed by atoms with E-state index in [9.17, 15) is 15.0 Å². The van der Waals surface area contributed by atoms with E-state index in [0.717, 1.165) is 0 Å². The average Bonchev–Trinajstić information content (AvgIpc) is 2.54. The molecule has 2 rings (SSSR count). The molecule has 2 aliphatic heterocycles. The van der Waals surface area contributed by atoms with E-state index in [1.165, 1.54) is 0 Å². The first kappa shape index (κ1) is 9.66. The number of aliphatic hydroxyl groups is 3. The fourth-order valence-electron chi connectivity index (χ4n) is 1.57. The van der Waals surface area contributed by atoms with Gasteiger partial charge in [0.25, 0.3) is 0 Å². The zero-order valence-electron chi connectivity index (χ0n) is 7.07. The second-order valence-electron chi connectivity index (χ2n) is 3.15. The van der Waals surface area contributed by atoms with Gasteiger partial charge in [-0.2, -0.15) is 0 Å². The number of hydrogen-bond acceptors (Lipinski definition) is 7. The molecule has 7 heteroatoms. The second-order valence-corrected chi connectivity index (χ2v) is 3.15. The minimum Gasteiger partial charge on any atom is -0.424 e. The number of carbonyl (C=O) groups is 1. The van der Waals surface area contributed by atoms with Crippen molar-refractivity contribution in [2.45, 2.75) is 30.7 Å². The van der Waals surface area contributed by atoms with Crippen LogP contribution < -0.4 is 0 Å². The number of rotatable bonds is 1. The lowest BCUT2D eigenvalue weighted by Crippen LogP contribution is -2.57. The van der Waals surface area contributed by atoms with Crippen molar-refractivity contribution in [3.8, 4) is 0 Å². The second kappa shape index (κ2) is 3.35. The van der Waals surface area contributed by atoms with Gasteiger partial charge in [-0.05, 0) is 0 Å². The fraction of sp³-hybridized carbons (Fsp3) is 0.857. The predicted molar refractivity (Wildman–Crippen MR) is 39.1 cm³/mol.